The lowest BCUT2D eigenvalue weighted by atomic mass is 10.1. The second-order valence-corrected chi connectivity index (χ2v) is 5.32. The average molecular weight is 275 g/mol. The summed E-state index contributed by atoms with van der Waals surface area (Å²) in [5, 5.41) is 5.00. The number of nitrogen functional groups attached to an aromatic ring is 2. The molecule has 1 aromatic heterocycles. The van der Waals surface area contributed by atoms with Crippen LogP contribution in [-0.4, -0.2) is 5.91 Å². The van der Waals surface area contributed by atoms with Gasteiger partial charge in [-0.3, -0.25) is 4.79 Å². The fourth-order valence-corrected chi connectivity index (χ4v) is 2.77. The minimum atomic E-state index is -0.153. The number of rotatable bonds is 4. The first kappa shape index (κ1) is 13.4. The summed E-state index contributed by atoms with van der Waals surface area (Å²) in [5.74, 6) is -0.153. The Hall–Kier alpha value is -2.01. The number of benzene rings is 1. The van der Waals surface area contributed by atoms with E-state index in [1.54, 1.807) is 29.5 Å². The number of hydrogen-bond acceptors (Lipinski definition) is 4. The molecule has 1 aromatic carbocycles. The third kappa shape index (κ3) is 3.26. The van der Waals surface area contributed by atoms with E-state index >= 15 is 0 Å². The Bertz CT molecular complexity index is 546. The van der Waals surface area contributed by atoms with E-state index in [-0.39, 0.29) is 11.9 Å². The van der Waals surface area contributed by atoms with Gasteiger partial charge in [0, 0.05) is 21.8 Å². The molecule has 0 bridgehead atoms. The summed E-state index contributed by atoms with van der Waals surface area (Å²) in [6.07, 6.45) is 0.837. The van der Waals surface area contributed by atoms with Gasteiger partial charge in [0.2, 0.25) is 0 Å². The number of nitrogens with one attached hydrogen (secondary N) is 1. The molecule has 100 valence electrons. The third-order valence-corrected chi connectivity index (χ3v) is 3.83. The molecule has 0 saturated heterocycles. The molecule has 0 aliphatic heterocycles. The van der Waals surface area contributed by atoms with Gasteiger partial charge in [-0.05, 0) is 36.1 Å². The Morgan fingerprint density at radius 3 is 2.53 bits per heavy atom. The third-order valence-electron chi connectivity index (χ3n) is 2.84. The molecule has 2 aromatic rings. The Kier molecular flexibility index (Phi) is 4.06. The quantitative estimate of drug-likeness (QED) is 0.750. The van der Waals surface area contributed by atoms with Crippen molar-refractivity contribution in [1.29, 1.82) is 0 Å². The van der Waals surface area contributed by atoms with Crippen molar-refractivity contribution in [2.45, 2.75) is 19.4 Å². The average Bonchev–Trinajstić information content (AvgIpc) is 2.88. The molecule has 5 heteroatoms. The van der Waals surface area contributed by atoms with Crippen LogP contribution in [0, 0.1) is 0 Å². The number of thiophene rings is 1. The fraction of sp³-hybridized carbons (Fsp3) is 0.214. The van der Waals surface area contributed by atoms with Crippen LogP contribution in [0.2, 0.25) is 0 Å². The summed E-state index contributed by atoms with van der Waals surface area (Å²) in [4.78, 5) is 13.3. The molecule has 0 radical (unpaired) electrons. The molecule has 0 aliphatic carbocycles. The lowest BCUT2D eigenvalue weighted by Gasteiger charge is -2.16. The Morgan fingerprint density at radius 2 is 2.00 bits per heavy atom. The van der Waals surface area contributed by atoms with E-state index in [0.29, 0.717) is 16.9 Å². The molecule has 4 nitrogen and oxygen atoms in total. The number of carbonyl (C=O) groups excluding carboxylic acids is 1. The van der Waals surface area contributed by atoms with Gasteiger partial charge in [-0.1, -0.05) is 13.0 Å². The van der Waals surface area contributed by atoms with Crippen LogP contribution in [0.4, 0.5) is 11.4 Å². The molecule has 0 aliphatic rings. The van der Waals surface area contributed by atoms with Crippen LogP contribution in [0.3, 0.4) is 0 Å². The van der Waals surface area contributed by atoms with E-state index in [0.717, 1.165) is 11.3 Å². The van der Waals surface area contributed by atoms with E-state index in [4.69, 9.17) is 11.5 Å². The number of amides is 1. The Balaban J connectivity index is 2.15. The first-order valence-corrected chi connectivity index (χ1v) is 6.98. The van der Waals surface area contributed by atoms with Crippen molar-refractivity contribution in [1.82, 2.24) is 5.32 Å². The molecule has 2 rings (SSSR count). The van der Waals surface area contributed by atoms with Crippen LogP contribution < -0.4 is 16.8 Å². The first-order valence-electron chi connectivity index (χ1n) is 6.10. The largest absolute Gasteiger partial charge is 0.399 e. The molecular weight excluding hydrogens is 258 g/mol. The van der Waals surface area contributed by atoms with Gasteiger partial charge in [0.05, 0.1) is 6.04 Å². The predicted octanol–water partition coefficient (Wildman–Crippen LogP) is 2.79. The summed E-state index contributed by atoms with van der Waals surface area (Å²) >= 11 is 1.63. The molecule has 1 unspecified atom stereocenters. The number of anilines is 2. The molecule has 0 saturated carbocycles. The van der Waals surface area contributed by atoms with Gasteiger partial charge in [-0.15, -0.1) is 11.3 Å². The molecule has 19 heavy (non-hydrogen) atoms. The number of nitrogens with two attached hydrogens (primary N) is 2. The van der Waals surface area contributed by atoms with Gasteiger partial charge in [0.15, 0.2) is 0 Å². The monoisotopic (exact) mass is 275 g/mol. The SMILES string of the molecule is CCC(NC(=O)c1cc(N)cc(N)c1)c1cccs1. The lowest BCUT2D eigenvalue weighted by Crippen LogP contribution is -2.27. The van der Waals surface area contributed by atoms with E-state index < -0.39 is 0 Å². The van der Waals surface area contributed by atoms with Gasteiger partial charge in [-0.25, -0.2) is 0 Å². The molecule has 5 N–H and O–H groups in total. The van der Waals surface area contributed by atoms with Crippen molar-refractivity contribution in [2.75, 3.05) is 11.5 Å². The molecule has 1 heterocycles. The Morgan fingerprint density at radius 1 is 1.32 bits per heavy atom. The van der Waals surface area contributed by atoms with E-state index in [9.17, 15) is 4.79 Å². The van der Waals surface area contributed by atoms with Crippen LogP contribution in [0.1, 0.15) is 34.6 Å². The normalized spacial score (nSPS) is 12.1. The molecule has 1 amide bonds. The maximum Gasteiger partial charge on any atom is 0.251 e. The van der Waals surface area contributed by atoms with E-state index in [1.807, 2.05) is 24.4 Å². The maximum absolute atomic E-state index is 12.2. The minimum Gasteiger partial charge on any atom is -0.399 e. The summed E-state index contributed by atoms with van der Waals surface area (Å²) in [6.45, 7) is 2.04. The maximum atomic E-state index is 12.2. The molecule has 0 spiro atoms. The van der Waals surface area contributed by atoms with Crippen LogP contribution in [0.5, 0.6) is 0 Å². The van der Waals surface area contributed by atoms with Gasteiger partial charge >= 0.3 is 0 Å². The topological polar surface area (TPSA) is 81.1 Å². The minimum absolute atomic E-state index is 0.0233. The predicted molar refractivity (Wildman–Crippen MR) is 80.1 cm³/mol. The van der Waals surface area contributed by atoms with Crippen molar-refractivity contribution < 1.29 is 4.79 Å². The zero-order chi connectivity index (χ0) is 13.8. The van der Waals surface area contributed by atoms with Crippen molar-refractivity contribution in [3.8, 4) is 0 Å². The second-order valence-electron chi connectivity index (χ2n) is 4.34. The van der Waals surface area contributed by atoms with Gasteiger partial charge in [0.1, 0.15) is 0 Å². The van der Waals surface area contributed by atoms with Crippen LogP contribution >= 0.6 is 11.3 Å². The van der Waals surface area contributed by atoms with Crippen molar-refractivity contribution >= 4 is 28.6 Å². The summed E-state index contributed by atoms with van der Waals surface area (Å²) in [6, 6.07) is 8.92. The second kappa shape index (κ2) is 5.75. The van der Waals surface area contributed by atoms with Crippen LogP contribution in [0.25, 0.3) is 0 Å². The van der Waals surface area contributed by atoms with Gasteiger partial charge in [-0.2, -0.15) is 0 Å². The van der Waals surface area contributed by atoms with Crippen LogP contribution in [-0.2, 0) is 0 Å². The Labute approximate surface area is 116 Å². The zero-order valence-corrected chi connectivity index (χ0v) is 11.5. The van der Waals surface area contributed by atoms with Crippen LogP contribution in [0.15, 0.2) is 35.7 Å². The molecular formula is C14H17N3OS. The fourth-order valence-electron chi connectivity index (χ4n) is 1.91. The zero-order valence-electron chi connectivity index (χ0n) is 10.7. The highest BCUT2D eigenvalue weighted by Gasteiger charge is 2.15. The standard InChI is InChI=1S/C14H17N3OS/c1-2-12(13-4-3-5-19-13)17-14(18)9-6-10(15)8-11(16)7-9/h3-8,12H,2,15-16H2,1H3,(H,17,18). The van der Waals surface area contributed by atoms with E-state index in [1.165, 1.54) is 0 Å². The summed E-state index contributed by atoms with van der Waals surface area (Å²) in [7, 11) is 0. The number of hydrogen-bond donors (Lipinski definition) is 3. The molecule has 0 fully saturated rings. The van der Waals surface area contributed by atoms with Gasteiger partial charge < -0.3 is 16.8 Å². The highest BCUT2D eigenvalue weighted by Crippen LogP contribution is 2.22. The summed E-state index contributed by atoms with van der Waals surface area (Å²) < 4.78 is 0. The smallest absolute Gasteiger partial charge is 0.251 e. The van der Waals surface area contributed by atoms with Crippen molar-refractivity contribution in [3.63, 3.8) is 0 Å². The highest BCUT2D eigenvalue weighted by atomic mass is 32.1. The highest BCUT2D eigenvalue weighted by molar-refractivity contribution is 7.10. The van der Waals surface area contributed by atoms with Gasteiger partial charge in [0.25, 0.3) is 5.91 Å². The van der Waals surface area contributed by atoms with Crippen molar-refractivity contribution in [2.24, 2.45) is 0 Å². The number of carbonyl (C=O) groups is 1. The van der Waals surface area contributed by atoms with E-state index in [2.05, 4.69) is 5.32 Å². The van der Waals surface area contributed by atoms with Crippen molar-refractivity contribution in [3.05, 3.63) is 46.2 Å². The summed E-state index contributed by atoms with van der Waals surface area (Å²) in [5.41, 5.74) is 12.9. The first-order chi connectivity index (χ1) is 9.10. The lowest BCUT2D eigenvalue weighted by molar-refractivity contribution is 0.0936. The molecule has 1 atom stereocenters.